The summed E-state index contributed by atoms with van der Waals surface area (Å²) in [6.07, 6.45) is -4.98. The summed E-state index contributed by atoms with van der Waals surface area (Å²) in [4.78, 5) is 10.7. The molecule has 0 spiro atoms. The Balaban J connectivity index is 2.75. The Hall–Kier alpha value is -1.76. The molecule has 2 N–H and O–H groups in total. The summed E-state index contributed by atoms with van der Waals surface area (Å²) in [6.45, 7) is 1.11. The number of carboxylic acid groups (broad SMARTS) is 1. The number of aliphatic carboxylic acids is 1. The first kappa shape index (κ1) is 14.3. The fourth-order valence-electron chi connectivity index (χ4n) is 1.28. The van der Waals surface area contributed by atoms with Crippen molar-refractivity contribution in [3.63, 3.8) is 0 Å². The molecule has 0 radical (unpaired) electrons. The predicted molar refractivity (Wildman–Crippen MR) is 55.1 cm³/mol. The summed E-state index contributed by atoms with van der Waals surface area (Å²) >= 11 is 0. The van der Waals surface area contributed by atoms with Crippen LogP contribution in [0, 0.1) is 0 Å². The zero-order valence-corrected chi connectivity index (χ0v) is 9.36. The molecule has 1 aromatic carbocycles. The highest BCUT2D eigenvalue weighted by Gasteiger charge is 2.32. The minimum absolute atomic E-state index is 0.214. The molecule has 0 aliphatic rings. The largest absolute Gasteiger partial charge is 0.573 e. The number of carbonyl (C=O) groups is 1. The van der Waals surface area contributed by atoms with Gasteiger partial charge in [0.2, 0.25) is 0 Å². The van der Waals surface area contributed by atoms with Crippen molar-refractivity contribution >= 4 is 5.97 Å². The molecule has 4 nitrogen and oxygen atoms in total. The topological polar surface area (TPSA) is 66.8 Å². The lowest BCUT2D eigenvalue weighted by atomic mass is 9.97. The third-order valence-corrected chi connectivity index (χ3v) is 2.17. The molecule has 7 heteroatoms. The number of hydrogen-bond donors (Lipinski definition) is 2. The van der Waals surface area contributed by atoms with Crippen molar-refractivity contribution < 1.29 is 32.9 Å². The van der Waals surface area contributed by atoms with E-state index in [1.165, 1.54) is 12.1 Å². The molecule has 100 valence electrons. The number of halogens is 3. The Morgan fingerprint density at radius 3 is 2.17 bits per heavy atom. The zero-order chi connectivity index (χ0) is 14.0. The van der Waals surface area contributed by atoms with Crippen LogP contribution in [0.25, 0.3) is 0 Å². The first-order valence-electron chi connectivity index (χ1n) is 4.91. The number of aliphatic hydroxyl groups is 1. The maximum absolute atomic E-state index is 11.9. The van der Waals surface area contributed by atoms with E-state index < -0.39 is 23.7 Å². The number of hydrogen-bond acceptors (Lipinski definition) is 3. The second-order valence-corrected chi connectivity index (χ2v) is 3.95. The quantitative estimate of drug-likeness (QED) is 0.872. The van der Waals surface area contributed by atoms with Crippen LogP contribution in [0.15, 0.2) is 24.3 Å². The number of carboxylic acids is 1. The SMILES string of the molecule is CC(O)(Cc1ccc(OC(F)(F)F)cc1)C(=O)O. The lowest BCUT2D eigenvalue weighted by molar-refractivity contribution is -0.274. The van der Waals surface area contributed by atoms with E-state index in [0.717, 1.165) is 19.1 Å². The van der Waals surface area contributed by atoms with Crippen molar-refractivity contribution in [1.82, 2.24) is 0 Å². The van der Waals surface area contributed by atoms with E-state index in [1.54, 1.807) is 0 Å². The van der Waals surface area contributed by atoms with E-state index in [-0.39, 0.29) is 6.42 Å². The first-order valence-corrected chi connectivity index (χ1v) is 4.91. The lowest BCUT2D eigenvalue weighted by Gasteiger charge is -2.18. The fourth-order valence-corrected chi connectivity index (χ4v) is 1.28. The van der Waals surface area contributed by atoms with Crippen LogP contribution < -0.4 is 4.74 Å². The van der Waals surface area contributed by atoms with E-state index in [0.29, 0.717) is 5.56 Å². The Morgan fingerprint density at radius 1 is 1.28 bits per heavy atom. The van der Waals surface area contributed by atoms with Gasteiger partial charge in [-0.1, -0.05) is 12.1 Å². The van der Waals surface area contributed by atoms with Gasteiger partial charge in [0.25, 0.3) is 0 Å². The van der Waals surface area contributed by atoms with Gasteiger partial charge in [-0.2, -0.15) is 0 Å². The second kappa shape index (κ2) is 4.85. The second-order valence-electron chi connectivity index (χ2n) is 3.95. The van der Waals surface area contributed by atoms with Gasteiger partial charge in [0.15, 0.2) is 5.60 Å². The van der Waals surface area contributed by atoms with Crippen LogP contribution in [0.1, 0.15) is 12.5 Å². The number of ether oxygens (including phenoxy) is 1. The van der Waals surface area contributed by atoms with Crippen LogP contribution in [0.2, 0.25) is 0 Å². The van der Waals surface area contributed by atoms with Gasteiger partial charge in [0, 0.05) is 6.42 Å². The Bertz CT molecular complexity index is 423. The molecule has 18 heavy (non-hydrogen) atoms. The molecule has 1 aromatic rings. The average Bonchev–Trinajstić information content (AvgIpc) is 2.18. The van der Waals surface area contributed by atoms with Crippen LogP contribution in [-0.2, 0) is 11.2 Å². The van der Waals surface area contributed by atoms with Gasteiger partial charge in [0.1, 0.15) is 5.75 Å². The Labute approximate surface area is 101 Å². The molecular formula is C11H11F3O4. The maximum atomic E-state index is 11.9. The van der Waals surface area contributed by atoms with Gasteiger partial charge in [-0.05, 0) is 24.6 Å². The van der Waals surface area contributed by atoms with Crippen molar-refractivity contribution in [3.8, 4) is 5.75 Å². The summed E-state index contributed by atoms with van der Waals surface area (Å²) in [5.41, 5.74) is -1.58. The molecule has 0 saturated heterocycles. The number of rotatable bonds is 4. The van der Waals surface area contributed by atoms with Crippen molar-refractivity contribution in [2.24, 2.45) is 0 Å². The molecule has 0 aromatic heterocycles. The molecule has 0 fully saturated rings. The predicted octanol–water partition coefficient (Wildman–Crippen LogP) is 1.96. The molecule has 1 rings (SSSR count). The van der Waals surface area contributed by atoms with Gasteiger partial charge in [-0.25, -0.2) is 4.79 Å². The Morgan fingerprint density at radius 2 is 1.78 bits per heavy atom. The van der Waals surface area contributed by atoms with Gasteiger partial charge in [-0.3, -0.25) is 0 Å². The summed E-state index contributed by atoms with van der Waals surface area (Å²) in [5, 5.41) is 18.2. The van der Waals surface area contributed by atoms with Gasteiger partial charge in [-0.15, -0.1) is 13.2 Å². The molecule has 0 aliphatic carbocycles. The first-order chi connectivity index (χ1) is 8.10. The molecule has 0 aliphatic heterocycles. The lowest BCUT2D eigenvalue weighted by Crippen LogP contribution is -2.37. The highest BCUT2D eigenvalue weighted by atomic mass is 19.4. The summed E-state index contributed by atoms with van der Waals surface area (Å²) < 4.78 is 39.3. The average molecular weight is 264 g/mol. The molecule has 0 heterocycles. The maximum Gasteiger partial charge on any atom is 0.573 e. The minimum Gasteiger partial charge on any atom is -0.479 e. The van der Waals surface area contributed by atoms with E-state index in [1.807, 2.05) is 0 Å². The molecule has 0 amide bonds. The van der Waals surface area contributed by atoms with Crippen LogP contribution in [-0.4, -0.2) is 28.1 Å². The van der Waals surface area contributed by atoms with Gasteiger partial charge >= 0.3 is 12.3 Å². The third kappa shape index (κ3) is 4.25. The summed E-state index contributed by atoms with van der Waals surface area (Å²) in [7, 11) is 0. The number of alkyl halides is 3. The van der Waals surface area contributed by atoms with Crippen molar-refractivity contribution in [2.45, 2.75) is 25.3 Å². The van der Waals surface area contributed by atoms with E-state index in [4.69, 9.17) is 5.11 Å². The van der Waals surface area contributed by atoms with Gasteiger partial charge < -0.3 is 14.9 Å². The molecular weight excluding hydrogens is 253 g/mol. The summed E-state index contributed by atoms with van der Waals surface area (Å²) in [5.74, 6) is -1.81. The normalized spacial score (nSPS) is 14.9. The zero-order valence-electron chi connectivity index (χ0n) is 9.36. The monoisotopic (exact) mass is 264 g/mol. The van der Waals surface area contributed by atoms with E-state index >= 15 is 0 Å². The highest BCUT2D eigenvalue weighted by Crippen LogP contribution is 2.23. The van der Waals surface area contributed by atoms with E-state index in [9.17, 15) is 23.1 Å². The summed E-state index contributed by atoms with van der Waals surface area (Å²) in [6, 6.07) is 4.64. The van der Waals surface area contributed by atoms with Crippen molar-refractivity contribution in [2.75, 3.05) is 0 Å². The molecule has 1 atom stereocenters. The van der Waals surface area contributed by atoms with Crippen molar-refractivity contribution in [1.29, 1.82) is 0 Å². The van der Waals surface area contributed by atoms with Crippen LogP contribution in [0.3, 0.4) is 0 Å². The van der Waals surface area contributed by atoms with Crippen LogP contribution in [0.5, 0.6) is 5.75 Å². The Kier molecular flexibility index (Phi) is 3.85. The van der Waals surface area contributed by atoms with E-state index in [2.05, 4.69) is 4.74 Å². The molecule has 1 unspecified atom stereocenters. The fraction of sp³-hybridized carbons (Fsp3) is 0.364. The minimum atomic E-state index is -4.77. The number of benzene rings is 1. The van der Waals surface area contributed by atoms with Crippen LogP contribution >= 0.6 is 0 Å². The smallest absolute Gasteiger partial charge is 0.479 e. The van der Waals surface area contributed by atoms with Crippen LogP contribution in [0.4, 0.5) is 13.2 Å². The molecule has 0 saturated carbocycles. The third-order valence-electron chi connectivity index (χ3n) is 2.17. The molecule has 0 bridgehead atoms. The van der Waals surface area contributed by atoms with Crippen molar-refractivity contribution in [3.05, 3.63) is 29.8 Å². The van der Waals surface area contributed by atoms with Gasteiger partial charge in [0.05, 0.1) is 0 Å². The standard InChI is InChI=1S/C11H11F3O4/c1-10(17,9(15)16)6-7-2-4-8(5-3-7)18-11(12,13)14/h2-5,17H,6H2,1H3,(H,15,16). The highest BCUT2D eigenvalue weighted by molar-refractivity contribution is 5.76.